The summed E-state index contributed by atoms with van der Waals surface area (Å²) < 4.78 is 5.15. The van der Waals surface area contributed by atoms with Gasteiger partial charge in [0, 0.05) is 6.42 Å². The highest BCUT2D eigenvalue weighted by Crippen LogP contribution is 2.38. The van der Waals surface area contributed by atoms with Crippen molar-refractivity contribution in [1.29, 1.82) is 5.26 Å². The third-order valence-corrected chi connectivity index (χ3v) is 3.05. The lowest BCUT2D eigenvalue weighted by molar-refractivity contribution is -0.160. The van der Waals surface area contributed by atoms with Crippen molar-refractivity contribution in [1.82, 2.24) is 0 Å². The van der Waals surface area contributed by atoms with Crippen LogP contribution in [0.5, 0.6) is 0 Å². The number of ether oxygens (including phenoxy) is 1. The van der Waals surface area contributed by atoms with Crippen molar-refractivity contribution in [2.24, 2.45) is 10.8 Å². The molecule has 0 amide bonds. The largest absolute Gasteiger partial charge is 0.465 e. The molecule has 0 atom stereocenters. The van der Waals surface area contributed by atoms with Gasteiger partial charge in [0.05, 0.1) is 18.1 Å². The summed E-state index contributed by atoms with van der Waals surface area (Å²) in [6.07, 6.45) is 1.05. The highest BCUT2D eigenvalue weighted by molar-refractivity contribution is 5.76. The summed E-state index contributed by atoms with van der Waals surface area (Å²) in [6.45, 7) is 10.2. The van der Waals surface area contributed by atoms with Gasteiger partial charge < -0.3 is 4.74 Å². The second kappa shape index (κ2) is 5.16. The van der Waals surface area contributed by atoms with Gasteiger partial charge in [-0.2, -0.15) is 5.26 Å². The Bertz CT molecular complexity index is 256. The van der Waals surface area contributed by atoms with E-state index >= 15 is 0 Å². The van der Waals surface area contributed by atoms with Crippen LogP contribution >= 0.6 is 0 Å². The van der Waals surface area contributed by atoms with Crippen LogP contribution < -0.4 is 0 Å². The van der Waals surface area contributed by atoms with Gasteiger partial charge in [-0.25, -0.2) is 0 Å². The molecular formula is C12H21NO2. The Balaban J connectivity index is 4.17. The Kier molecular flexibility index (Phi) is 4.80. The van der Waals surface area contributed by atoms with Gasteiger partial charge in [-0.15, -0.1) is 0 Å². The molecule has 0 aromatic carbocycles. The molecule has 0 N–H and O–H groups in total. The maximum Gasteiger partial charge on any atom is 0.312 e. The van der Waals surface area contributed by atoms with Crippen LogP contribution in [-0.2, 0) is 9.53 Å². The SMILES string of the molecule is CC(C)(C)C(C)(C)C(=O)OCCCC#N. The lowest BCUT2D eigenvalue weighted by Gasteiger charge is -2.36. The summed E-state index contributed by atoms with van der Waals surface area (Å²) >= 11 is 0. The molecule has 0 spiro atoms. The number of nitrogens with zero attached hydrogens (tertiary/aromatic N) is 1. The van der Waals surface area contributed by atoms with E-state index < -0.39 is 5.41 Å². The molecule has 0 aliphatic heterocycles. The van der Waals surface area contributed by atoms with Crippen LogP contribution in [0.4, 0.5) is 0 Å². The number of rotatable bonds is 4. The molecule has 0 aromatic heterocycles. The first-order chi connectivity index (χ1) is 6.73. The van der Waals surface area contributed by atoms with Crippen molar-refractivity contribution in [3.63, 3.8) is 0 Å². The summed E-state index contributed by atoms with van der Waals surface area (Å²) in [5, 5.41) is 8.33. The van der Waals surface area contributed by atoms with Crippen LogP contribution in [0, 0.1) is 22.2 Å². The van der Waals surface area contributed by atoms with E-state index in [4.69, 9.17) is 10.00 Å². The molecule has 0 aromatic rings. The average Bonchev–Trinajstić information content (AvgIpc) is 2.10. The minimum absolute atomic E-state index is 0.126. The van der Waals surface area contributed by atoms with Gasteiger partial charge >= 0.3 is 5.97 Å². The number of nitriles is 1. The molecule has 0 rings (SSSR count). The number of unbranched alkanes of at least 4 members (excludes halogenated alkanes) is 1. The van der Waals surface area contributed by atoms with Crippen LogP contribution in [0.25, 0.3) is 0 Å². The summed E-state index contributed by atoms with van der Waals surface area (Å²) in [4.78, 5) is 11.8. The standard InChI is InChI=1S/C12H21NO2/c1-11(2,3)12(4,5)10(14)15-9-7-6-8-13/h6-7,9H2,1-5H3. The summed E-state index contributed by atoms with van der Waals surface area (Å²) in [6, 6.07) is 2.02. The smallest absolute Gasteiger partial charge is 0.312 e. The Morgan fingerprint density at radius 2 is 1.80 bits per heavy atom. The number of hydrogen-bond acceptors (Lipinski definition) is 3. The molecular weight excluding hydrogens is 190 g/mol. The first-order valence-corrected chi connectivity index (χ1v) is 5.27. The topological polar surface area (TPSA) is 50.1 Å². The summed E-state index contributed by atoms with van der Waals surface area (Å²) in [5.41, 5.74) is -0.626. The molecule has 0 saturated heterocycles. The zero-order valence-corrected chi connectivity index (χ0v) is 10.4. The van der Waals surface area contributed by atoms with E-state index in [0.29, 0.717) is 19.4 Å². The Hall–Kier alpha value is -1.04. The highest BCUT2D eigenvalue weighted by Gasteiger charge is 2.40. The van der Waals surface area contributed by atoms with Gasteiger partial charge in [-0.3, -0.25) is 4.79 Å². The Morgan fingerprint density at radius 1 is 1.27 bits per heavy atom. The fourth-order valence-electron chi connectivity index (χ4n) is 0.803. The van der Waals surface area contributed by atoms with Gasteiger partial charge in [0.25, 0.3) is 0 Å². The van der Waals surface area contributed by atoms with E-state index in [1.54, 1.807) is 0 Å². The van der Waals surface area contributed by atoms with Crippen LogP contribution in [0.3, 0.4) is 0 Å². The minimum atomic E-state index is -0.500. The van der Waals surface area contributed by atoms with Gasteiger partial charge in [-0.05, 0) is 25.7 Å². The first-order valence-electron chi connectivity index (χ1n) is 5.27. The summed E-state index contributed by atoms with van der Waals surface area (Å²) in [7, 11) is 0. The molecule has 15 heavy (non-hydrogen) atoms. The molecule has 0 aliphatic carbocycles. The van der Waals surface area contributed by atoms with Gasteiger partial charge in [0.1, 0.15) is 0 Å². The zero-order chi connectivity index (χ0) is 12.1. The Labute approximate surface area is 92.4 Å². The van der Waals surface area contributed by atoms with Crippen LogP contribution in [0.2, 0.25) is 0 Å². The normalized spacial score (nSPS) is 12.0. The molecule has 0 unspecified atom stereocenters. The van der Waals surface area contributed by atoms with Crippen molar-refractivity contribution in [2.45, 2.75) is 47.5 Å². The number of carbonyl (C=O) groups is 1. The maximum absolute atomic E-state index is 11.8. The lowest BCUT2D eigenvalue weighted by atomic mass is 9.69. The molecule has 0 saturated carbocycles. The predicted octanol–water partition coefficient (Wildman–Crippen LogP) is 2.91. The highest BCUT2D eigenvalue weighted by atomic mass is 16.5. The maximum atomic E-state index is 11.8. The molecule has 86 valence electrons. The minimum Gasteiger partial charge on any atom is -0.465 e. The van der Waals surface area contributed by atoms with E-state index in [-0.39, 0.29) is 11.4 Å². The van der Waals surface area contributed by atoms with Crippen LogP contribution in [-0.4, -0.2) is 12.6 Å². The fourth-order valence-corrected chi connectivity index (χ4v) is 0.803. The first kappa shape index (κ1) is 14.0. The van der Waals surface area contributed by atoms with Crippen LogP contribution in [0.1, 0.15) is 47.5 Å². The van der Waals surface area contributed by atoms with Crippen molar-refractivity contribution in [3.8, 4) is 6.07 Å². The number of esters is 1. The lowest BCUT2D eigenvalue weighted by Crippen LogP contribution is -2.39. The number of carbonyl (C=O) groups excluding carboxylic acids is 1. The predicted molar refractivity (Wildman–Crippen MR) is 59.0 cm³/mol. The molecule has 0 aliphatic rings. The van der Waals surface area contributed by atoms with E-state index in [1.807, 2.05) is 40.7 Å². The van der Waals surface area contributed by atoms with Crippen molar-refractivity contribution in [2.75, 3.05) is 6.61 Å². The fraction of sp³-hybridized carbons (Fsp3) is 0.833. The van der Waals surface area contributed by atoms with E-state index in [1.165, 1.54) is 0 Å². The van der Waals surface area contributed by atoms with Gasteiger partial charge in [0.15, 0.2) is 0 Å². The molecule has 0 heterocycles. The quantitative estimate of drug-likeness (QED) is 0.530. The van der Waals surface area contributed by atoms with Crippen molar-refractivity contribution < 1.29 is 9.53 Å². The van der Waals surface area contributed by atoms with E-state index in [9.17, 15) is 4.79 Å². The second-order valence-electron chi connectivity index (χ2n) is 5.27. The van der Waals surface area contributed by atoms with Crippen molar-refractivity contribution in [3.05, 3.63) is 0 Å². The molecule has 3 heteroatoms. The number of hydrogen-bond donors (Lipinski definition) is 0. The third kappa shape index (κ3) is 3.91. The zero-order valence-electron chi connectivity index (χ0n) is 10.4. The average molecular weight is 211 g/mol. The molecule has 0 fully saturated rings. The van der Waals surface area contributed by atoms with Gasteiger partial charge in [-0.1, -0.05) is 20.8 Å². The molecule has 0 bridgehead atoms. The Morgan fingerprint density at radius 3 is 2.20 bits per heavy atom. The second-order valence-corrected chi connectivity index (χ2v) is 5.27. The van der Waals surface area contributed by atoms with Crippen molar-refractivity contribution >= 4 is 5.97 Å². The third-order valence-electron chi connectivity index (χ3n) is 3.05. The molecule has 0 radical (unpaired) electrons. The van der Waals surface area contributed by atoms with Crippen LogP contribution in [0.15, 0.2) is 0 Å². The summed E-state index contributed by atoms with van der Waals surface area (Å²) in [5.74, 6) is -0.187. The monoisotopic (exact) mass is 211 g/mol. The molecule has 3 nitrogen and oxygen atoms in total. The van der Waals surface area contributed by atoms with E-state index in [0.717, 1.165) is 0 Å². The van der Waals surface area contributed by atoms with Gasteiger partial charge in [0.2, 0.25) is 0 Å². The van der Waals surface area contributed by atoms with E-state index in [2.05, 4.69) is 0 Å².